The van der Waals surface area contributed by atoms with Gasteiger partial charge in [-0.1, -0.05) is 57.6 Å². The molecule has 0 spiro atoms. The molecule has 4 heterocycles. The van der Waals surface area contributed by atoms with Gasteiger partial charge in [0.1, 0.15) is 17.5 Å². The Balaban J connectivity index is 1.35. The second-order valence-electron chi connectivity index (χ2n) is 9.22. The number of hydrogen-bond acceptors (Lipinski definition) is 6. The standard InChI is InChI=1S/C29H20BrN5O2S/c1-17-13-20-14-19(9-12-24(20)37-17)26-21(16-34(32-26)23-5-3-2-4-6-23)15-25-28(36)35-29(38-25)31-27(33-35)18-7-10-22(30)11-8-18/h2-12,14-17H,13H2,1H3. The number of para-hydroxylation sites is 1. The third-order valence-corrected chi connectivity index (χ3v) is 7.99. The van der Waals surface area contributed by atoms with Crippen molar-refractivity contribution in [2.75, 3.05) is 0 Å². The van der Waals surface area contributed by atoms with Crippen LogP contribution in [0.2, 0.25) is 0 Å². The topological polar surface area (TPSA) is 74.3 Å². The third kappa shape index (κ3) is 4.04. The van der Waals surface area contributed by atoms with Crippen molar-refractivity contribution in [3.63, 3.8) is 0 Å². The molecule has 0 saturated carbocycles. The van der Waals surface area contributed by atoms with E-state index in [2.05, 4.69) is 39.0 Å². The van der Waals surface area contributed by atoms with Crippen LogP contribution in [0.25, 0.3) is 39.4 Å². The lowest BCUT2D eigenvalue weighted by molar-refractivity contribution is 0.254. The summed E-state index contributed by atoms with van der Waals surface area (Å²) in [6.45, 7) is 2.07. The molecule has 1 atom stereocenters. The van der Waals surface area contributed by atoms with Crippen LogP contribution in [-0.2, 0) is 6.42 Å². The van der Waals surface area contributed by atoms with Crippen molar-refractivity contribution in [2.24, 2.45) is 0 Å². The van der Waals surface area contributed by atoms with E-state index in [4.69, 9.17) is 9.84 Å². The minimum Gasteiger partial charge on any atom is -0.490 e. The van der Waals surface area contributed by atoms with Crippen LogP contribution >= 0.6 is 27.3 Å². The molecular formula is C29H20BrN5O2S. The summed E-state index contributed by atoms with van der Waals surface area (Å²) in [6, 6.07) is 23.8. The highest BCUT2D eigenvalue weighted by molar-refractivity contribution is 9.10. The number of benzene rings is 3. The van der Waals surface area contributed by atoms with Crippen molar-refractivity contribution in [1.82, 2.24) is 24.4 Å². The van der Waals surface area contributed by atoms with Crippen molar-refractivity contribution in [3.05, 3.63) is 109 Å². The summed E-state index contributed by atoms with van der Waals surface area (Å²) in [7, 11) is 0. The number of thiazole rings is 1. The van der Waals surface area contributed by atoms with Crippen molar-refractivity contribution >= 4 is 38.3 Å². The molecule has 186 valence electrons. The number of hydrogen-bond donors (Lipinski definition) is 0. The quantitative estimate of drug-likeness (QED) is 0.282. The summed E-state index contributed by atoms with van der Waals surface area (Å²) in [6.07, 6.45) is 4.87. The van der Waals surface area contributed by atoms with Gasteiger partial charge in [0, 0.05) is 33.8 Å². The van der Waals surface area contributed by atoms with Gasteiger partial charge in [0.2, 0.25) is 4.96 Å². The summed E-state index contributed by atoms with van der Waals surface area (Å²) in [5.74, 6) is 1.45. The number of nitrogens with zero attached hydrogens (tertiary/aromatic N) is 5. The van der Waals surface area contributed by atoms with E-state index in [1.807, 2.05) is 83.7 Å². The van der Waals surface area contributed by atoms with Crippen molar-refractivity contribution in [3.8, 4) is 34.1 Å². The SMILES string of the molecule is CC1Cc2cc(-c3nn(-c4ccccc4)cc3C=c3sc4nc(-c5ccc(Br)cc5)nn4c3=O)ccc2O1. The first-order valence-electron chi connectivity index (χ1n) is 12.1. The molecule has 0 N–H and O–H groups in total. The molecule has 1 aliphatic heterocycles. The van der Waals surface area contributed by atoms with Gasteiger partial charge >= 0.3 is 0 Å². The van der Waals surface area contributed by atoms with E-state index in [0.717, 1.165) is 44.7 Å². The van der Waals surface area contributed by atoms with Crippen LogP contribution in [-0.4, -0.2) is 30.5 Å². The summed E-state index contributed by atoms with van der Waals surface area (Å²) >= 11 is 4.76. The summed E-state index contributed by atoms with van der Waals surface area (Å²) < 4.78 is 10.6. The van der Waals surface area contributed by atoms with Crippen LogP contribution in [0.15, 0.2) is 88.3 Å². The first-order valence-corrected chi connectivity index (χ1v) is 13.7. The zero-order chi connectivity index (χ0) is 25.8. The van der Waals surface area contributed by atoms with Gasteiger partial charge in [0.25, 0.3) is 5.56 Å². The predicted octanol–water partition coefficient (Wildman–Crippen LogP) is 5.30. The molecule has 3 aromatic heterocycles. The lowest BCUT2D eigenvalue weighted by atomic mass is 10.0. The van der Waals surface area contributed by atoms with Gasteiger partial charge < -0.3 is 4.74 Å². The number of aromatic nitrogens is 5. The molecule has 0 aliphatic carbocycles. The van der Waals surface area contributed by atoms with Crippen molar-refractivity contribution < 1.29 is 4.74 Å². The van der Waals surface area contributed by atoms with Gasteiger partial charge in [-0.3, -0.25) is 4.79 Å². The average molecular weight is 582 g/mol. The molecule has 9 heteroatoms. The molecule has 0 saturated heterocycles. The summed E-state index contributed by atoms with van der Waals surface area (Å²) in [5.41, 5.74) is 5.38. The molecule has 1 unspecified atom stereocenters. The van der Waals surface area contributed by atoms with E-state index >= 15 is 0 Å². The van der Waals surface area contributed by atoms with Crippen LogP contribution in [0.5, 0.6) is 5.75 Å². The maximum atomic E-state index is 13.3. The van der Waals surface area contributed by atoms with Crippen LogP contribution in [0.1, 0.15) is 18.1 Å². The monoisotopic (exact) mass is 581 g/mol. The molecular weight excluding hydrogens is 562 g/mol. The highest BCUT2D eigenvalue weighted by Crippen LogP contribution is 2.34. The minimum atomic E-state index is -0.199. The Morgan fingerprint density at radius 2 is 1.82 bits per heavy atom. The van der Waals surface area contributed by atoms with Gasteiger partial charge in [-0.05, 0) is 61.0 Å². The molecule has 3 aromatic carbocycles. The molecule has 0 fully saturated rings. The molecule has 1 aliphatic rings. The highest BCUT2D eigenvalue weighted by Gasteiger charge is 2.21. The zero-order valence-electron chi connectivity index (χ0n) is 20.2. The third-order valence-electron chi connectivity index (χ3n) is 6.50. The zero-order valence-corrected chi connectivity index (χ0v) is 22.6. The van der Waals surface area contributed by atoms with Gasteiger partial charge in [-0.15, -0.1) is 5.10 Å². The van der Waals surface area contributed by atoms with Crippen LogP contribution in [0.3, 0.4) is 0 Å². The Labute approximate surface area is 229 Å². The molecule has 38 heavy (non-hydrogen) atoms. The second-order valence-corrected chi connectivity index (χ2v) is 11.1. The van der Waals surface area contributed by atoms with E-state index in [9.17, 15) is 4.79 Å². The minimum absolute atomic E-state index is 0.160. The van der Waals surface area contributed by atoms with E-state index < -0.39 is 0 Å². The lowest BCUT2D eigenvalue weighted by Gasteiger charge is -2.04. The molecule has 7 nitrogen and oxygen atoms in total. The Morgan fingerprint density at radius 1 is 1.03 bits per heavy atom. The fraction of sp³-hybridized carbons (Fsp3) is 0.103. The number of ether oxygens (including phenoxy) is 1. The number of rotatable bonds is 4. The second kappa shape index (κ2) is 9.04. The summed E-state index contributed by atoms with van der Waals surface area (Å²) in [5, 5.41) is 9.42. The number of fused-ring (bicyclic) bond motifs is 2. The largest absolute Gasteiger partial charge is 0.490 e. The van der Waals surface area contributed by atoms with E-state index in [1.165, 1.54) is 21.4 Å². The molecule has 0 bridgehead atoms. The normalized spacial score (nSPS) is 15.2. The van der Waals surface area contributed by atoms with Gasteiger partial charge in [0.15, 0.2) is 5.82 Å². The van der Waals surface area contributed by atoms with Crippen molar-refractivity contribution in [1.29, 1.82) is 0 Å². The maximum Gasteiger partial charge on any atom is 0.291 e. The van der Waals surface area contributed by atoms with Crippen molar-refractivity contribution in [2.45, 2.75) is 19.4 Å². The van der Waals surface area contributed by atoms with Gasteiger partial charge in [-0.2, -0.15) is 14.6 Å². The fourth-order valence-corrected chi connectivity index (χ4v) is 5.86. The predicted molar refractivity (Wildman–Crippen MR) is 152 cm³/mol. The maximum absolute atomic E-state index is 13.3. The Kier molecular flexibility index (Phi) is 5.49. The smallest absolute Gasteiger partial charge is 0.291 e. The van der Waals surface area contributed by atoms with E-state index in [1.54, 1.807) is 0 Å². The summed E-state index contributed by atoms with van der Waals surface area (Å²) in [4.78, 5) is 18.5. The fourth-order valence-electron chi connectivity index (χ4n) is 4.70. The first kappa shape index (κ1) is 23.1. The molecule has 6 aromatic rings. The van der Waals surface area contributed by atoms with Crippen LogP contribution in [0, 0.1) is 0 Å². The first-order chi connectivity index (χ1) is 18.5. The molecule has 0 amide bonds. The average Bonchev–Trinajstić information content (AvgIpc) is 3.69. The number of halogens is 1. The van der Waals surface area contributed by atoms with Gasteiger partial charge in [0.05, 0.1) is 10.2 Å². The highest BCUT2D eigenvalue weighted by atomic mass is 79.9. The Hall–Kier alpha value is -4.08. The molecule has 7 rings (SSSR count). The molecule has 0 radical (unpaired) electrons. The van der Waals surface area contributed by atoms with E-state index in [0.29, 0.717) is 15.3 Å². The van der Waals surface area contributed by atoms with Crippen LogP contribution < -0.4 is 14.8 Å². The van der Waals surface area contributed by atoms with Crippen LogP contribution in [0.4, 0.5) is 0 Å². The van der Waals surface area contributed by atoms with Gasteiger partial charge in [-0.25, -0.2) is 4.68 Å². The Bertz CT molecular complexity index is 1930. The lowest BCUT2D eigenvalue weighted by Crippen LogP contribution is -2.23. The Morgan fingerprint density at radius 3 is 2.61 bits per heavy atom. The van der Waals surface area contributed by atoms with E-state index in [-0.39, 0.29) is 11.7 Å².